The summed E-state index contributed by atoms with van der Waals surface area (Å²) in [6.07, 6.45) is -5.23. The van der Waals surface area contributed by atoms with E-state index in [0.29, 0.717) is 0 Å². The van der Waals surface area contributed by atoms with Crippen molar-refractivity contribution in [1.82, 2.24) is 0 Å². The lowest BCUT2D eigenvalue weighted by atomic mass is 9.65. The molecule has 0 aliphatic heterocycles. The molecule has 0 unspecified atom stereocenters. The zero-order valence-electron chi connectivity index (χ0n) is 23.1. The molecule has 10 nitrogen and oxygen atoms in total. The molecule has 0 aliphatic carbocycles. The Morgan fingerprint density at radius 2 is 0.977 bits per heavy atom. The van der Waals surface area contributed by atoms with Gasteiger partial charge >= 0.3 is 5.97 Å². The molecule has 0 saturated heterocycles. The van der Waals surface area contributed by atoms with Crippen LogP contribution in [0.5, 0.6) is 0 Å². The van der Waals surface area contributed by atoms with Crippen molar-refractivity contribution in [2.24, 2.45) is 0 Å². The van der Waals surface area contributed by atoms with Gasteiger partial charge in [0.15, 0.2) is 0 Å². The maximum absolute atomic E-state index is 14.6. The summed E-state index contributed by atoms with van der Waals surface area (Å²) in [5.41, 5.74) is -9.05. The van der Waals surface area contributed by atoms with Gasteiger partial charge < -0.3 is 25.2 Å². The number of carbonyl (C=O) groups excluding carboxylic acids is 5. The van der Waals surface area contributed by atoms with Gasteiger partial charge in [-0.3, -0.25) is 19.2 Å². The first-order valence-corrected chi connectivity index (χ1v) is 13.4. The zero-order chi connectivity index (χ0) is 31.9. The van der Waals surface area contributed by atoms with E-state index in [9.17, 15) is 44.4 Å². The highest BCUT2D eigenvalue weighted by atomic mass is 16.6. The quantitative estimate of drug-likeness (QED) is 0.0775. The third-order valence-corrected chi connectivity index (χ3v) is 7.07. The lowest BCUT2D eigenvalue weighted by Crippen LogP contribution is -2.76. The summed E-state index contributed by atoms with van der Waals surface area (Å²) in [4.78, 5) is 70.9. The summed E-state index contributed by atoms with van der Waals surface area (Å²) >= 11 is 0. The number of carbonyl (C=O) groups is 5. The highest BCUT2D eigenvalue weighted by molar-refractivity contribution is 6.52. The van der Waals surface area contributed by atoms with Crippen molar-refractivity contribution >= 4 is 29.1 Å². The van der Waals surface area contributed by atoms with Crippen LogP contribution in [0.1, 0.15) is 41.4 Å². The van der Waals surface area contributed by atoms with Crippen LogP contribution >= 0.6 is 0 Å². The third-order valence-electron chi connectivity index (χ3n) is 7.07. The molecule has 0 radical (unpaired) electrons. The van der Waals surface area contributed by atoms with E-state index in [4.69, 9.17) is 4.74 Å². The number of aliphatic hydroxyl groups is 4. The summed E-state index contributed by atoms with van der Waals surface area (Å²) in [5, 5.41) is 44.2. The number of ketones is 4. The van der Waals surface area contributed by atoms with Crippen LogP contribution in [-0.4, -0.2) is 79.5 Å². The van der Waals surface area contributed by atoms with Crippen LogP contribution in [-0.2, 0) is 9.53 Å². The van der Waals surface area contributed by atoms with Crippen molar-refractivity contribution in [2.75, 3.05) is 6.61 Å². The largest absolute Gasteiger partial charge is 0.434 e. The Balaban J connectivity index is 2.13. The fourth-order valence-electron chi connectivity index (χ4n) is 4.76. The summed E-state index contributed by atoms with van der Waals surface area (Å²) in [7, 11) is 0. The average molecular weight is 597 g/mol. The van der Waals surface area contributed by atoms with E-state index >= 15 is 0 Å². The molecule has 0 fully saturated rings. The van der Waals surface area contributed by atoms with Crippen molar-refractivity contribution in [2.45, 2.75) is 23.4 Å². The fourth-order valence-corrected chi connectivity index (χ4v) is 4.76. The molecule has 0 saturated carbocycles. The van der Waals surface area contributed by atoms with Crippen LogP contribution < -0.4 is 0 Å². The minimum absolute atomic E-state index is 0.246. The molecule has 4 rings (SSSR count). The SMILES string of the molecule is O=C(O[C@](C(=O)C(=O)c1ccccc1)(C(=O)c1ccccc1)[C@](O)(C(=O)c1ccccc1)[C@H](O)[C@H](O)CO)c1ccccc1. The molecule has 4 aromatic carbocycles. The molecular weight excluding hydrogens is 568 g/mol. The minimum atomic E-state index is -3.88. The first-order valence-electron chi connectivity index (χ1n) is 13.4. The molecule has 4 atom stereocenters. The molecule has 44 heavy (non-hydrogen) atoms. The normalized spacial score (nSPS) is 15.1. The lowest BCUT2D eigenvalue weighted by Gasteiger charge is -2.45. The molecule has 0 bridgehead atoms. The van der Waals surface area contributed by atoms with Crippen LogP contribution in [0.4, 0.5) is 0 Å². The zero-order valence-corrected chi connectivity index (χ0v) is 23.1. The molecule has 0 aliphatic rings. The van der Waals surface area contributed by atoms with Gasteiger partial charge in [0, 0.05) is 16.7 Å². The number of Topliss-reactive ketones (excluding diaryl/α,β-unsaturated/α-hetero) is 4. The van der Waals surface area contributed by atoms with Gasteiger partial charge in [-0.2, -0.15) is 0 Å². The van der Waals surface area contributed by atoms with E-state index in [1.807, 2.05) is 0 Å². The molecule has 10 heteroatoms. The summed E-state index contributed by atoms with van der Waals surface area (Å²) < 4.78 is 5.59. The van der Waals surface area contributed by atoms with Crippen LogP contribution in [0.3, 0.4) is 0 Å². The lowest BCUT2D eigenvalue weighted by molar-refractivity contribution is -0.186. The number of ether oxygens (including phenoxy) is 1. The maximum atomic E-state index is 14.6. The predicted octanol–water partition coefficient (Wildman–Crippen LogP) is 2.25. The number of benzene rings is 4. The van der Waals surface area contributed by atoms with E-state index in [2.05, 4.69) is 0 Å². The molecule has 0 spiro atoms. The second-order valence-corrected chi connectivity index (χ2v) is 9.81. The highest BCUT2D eigenvalue weighted by Crippen LogP contribution is 2.40. The van der Waals surface area contributed by atoms with E-state index in [-0.39, 0.29) is 16.7 Å². The number of hydrogen-bond acceptors (Lipinski definition) is 10. The van der Waals surface area contributed by atoms with Gasteiger partial charge in [0.05, 0.1) is 12.2 Å². The Morgan fingerprint density at radius 1 is 0.591 bits per heavy atom. The smallest absolute Gasteiger partial charge is 0.339 e. The molecule has 0 heterocycles. The molecular formula is C34H28O10. The predicted molar refractivity (Wildman–Crippen MR) is 156 cm³/mol. The summed E-state index contributed by atoms with van der Waals surface area (Å²) in [6, 6.07) is 26.9. The van der Waals surface area contributed by atoms with E-state index in [0.717, 1.165) is 0 Å². The number of aliphatic hydroxyl groups excluding tert-OH is 3. The van der Waals surface area contributed by atoms with E-state index in [1.165, 1.54) is 115 Å². The highest BCUT2D eigenvalue weighted by Gasteiger charge is 2.73. The first kappa shape index (κ1) is 31.8. The van der Waals surface area contributed by atoms with Crippen LogP contribution in [0.15, 0.2) is 121 Å². The van der Waals surface area contributed by atoms with Crippen LogP contribution in [0.25, 0.3) is 0 Å². The summed E-state index contributed by atoms with van der Waals surface area (Å²) in [6.45, 7) is -1.27. The molecule has 4 N–H and O–H groups in total. The summed E-state index contributed by atoms with van der Waals surface area (Å²) in [5.74, 6) is -7.88. The van der Waals surface area contributed by atoms with Crippen molar-refractivity contribution < 1.29 is 49.1 Å². The van der Waals surface area contributed by atoms with Gasteiger partial charge in [-0.25, -0.2) is 4.79 Å². The minimum Gasteiger partial charge on any atom is -0.434 e. The Kier molecular flexibility index (Phi) is 9.72. The molecule has 0 amide bonds. The monoisotopic (exact) mass is 596 g/mol. The van der Waals surface area contributed by atoms with E-state index < -0.39 is 64.7 Å². The van der Waals surface area contributed by atoms with Gasteiger partial charge in [-0.15, -0.1) is 0 Å². The van der Waals surface area contributed by atoms with Gasteiger partial charge in [-0.1, -0.05) is 109 Å². The van der Waals surface area contributed by atoms with E-state index in [1.54, 1.807) is 6.07 Å². The van der Waals surface area contributed by atoms with Crippen molar-refractivity contribution in [3.63, 3.8) is 0 Å². The van der Waals surface area contributed by atoms with Crippen molar-refractivity contribution in [1.29, 1.82) is 0 Å². The topological polar surface area (TPSA) is 175 Å². The van der Waals surface area contributed by atoms with Gasteiger partial charge in [0.1, 0.15) is 12.2 Å². The number of rotatable bonds is 13. The molecule has 224 valence electrons. The first-order chi connectivity index (χ1) is 21.1. The van der Waals surface area contributed by atoms with Gasteiger partial charge in [-0.05, 0) is 12.1 Å². The Hall–Kier alpha value is -5.13. The Morgan fingerprint density at radius 3 is 1.41 bits per heavy atom. The number of hydrogen-bond donors (Lipinski definition) is 4. The van der Waals surface area contributed by atoms with Crippen LogP contribution in [0.2, 0.25) is 0 Å². The van der Waals surface area contributed by atoms with Crippen molar-refractivity contribution in [3.05, 3.63) is 144 Å². The molecule has 0 aromatic heterocycles. The Bertz CT molecular complexity index is 1640. The number of esters is 1. The standard InChI is InChI=1S/C34H28O10/c35-21-26(36)30(40)33(43,28(38)23-15-7-2-8-16-23)34(29(39)24-17-9-3-10-18-24,44-32(42)25-19-11-4-12-20-25)31(41)27(37)22-13-5-1-6-14-22/h1-20,26,30,35-36,40,43H,21H2/t26-,30-,33+,34+/m1/s1. The molecule has 4 aromatic rings. The van der Waals surface area contributed by atoms with Crippen LogP contribution in [0, 0.1) is 0 Å². The average Bonchev–Trinajstić information content (AvgIpc) is 3.09. The van der Waals surface area contributed by atoms with Gasteiger partial charge in [0.2, 0.25) is 23.0 Å². The Labute approximate surface area is 251 Å². The van der Waals surface area contributed by atoms with Gasteiger partial charge in [0.25, 0.3) is 11.4 Å². The van der Waals surface area contributed by atoms with Crippen molar-refractivity contribution in [3.8, 4) is 0 Å². The third kappa shape index (κ3) is 5.75. The maximum Gasteiger partial charge on any atom is 0.339 e. The second-order valence-electron chi connectivity index (χ2n) is 9.81. The fraction of sp³-hybridized carbons (Fsp3) is 0.147. The second kappa shape index (κ2) is 13.4.